The van der Waals surface area contributed by atoms with E-state index < -0.39 is 0 Å². The predicted octanol–water partition coefficient (Wildman–Crippen LogP) is 1.90. The Labute approximate surface area is 79.7 Å². The van der Waals surface area contributed by atoms with Gasteiger partial charge in [0, 0.05) is 6.92 Å². The highest BCUT2D eigenvalue weighted by Crippen LogP contribution is 1.95. The highest BCUT2D eigenvalue weighted by Gasteiger charge is 1.99. The van der Waals surface area contributed by atoms with Crippen LogP contribution in [0.2, 0.25) is 0 Å². The van der Waals surface area contributed by atoms with Gasteiger partial charge in [-0.25, -0.2) is 0 Å². The summed E-state index contributed by atoms with van der Waals surface area (Å²) in [6, 6.07) is 0. The van der Waals surface area contributed by atoms with Crippen molar-refractivity contribution in [3.8, 4) is 0 Å². The van der Waals surface area contributed by atoms with Crippen molar-refractivity contribution < 1.29 is 4.42 Å². The van der Waals surface area contributed by atoms with Gasteiger partial charge < -0.3 is 9.73 Å². The number of aromatic nitrogens is 2. The molecule has 0 aromatic carbocycles. The van der Waals surface area contributed by atoms with Crippen molar-refractivity contribution in [2.45, 2.75) is 40.7 Å². The molecule has 4 heteroatoms. The lowest BCUT2D eigenvalue weighted by molar-refractivity contribution is 0.447. The van der Waals surface area contributed by atoms with Crippen LogP contribution in [0.3, 0.4) is 0 Å². The van der Waals surface area contributed by atoms with E-state index in [0.717, 1.165) is 13.0 Å². The topological polar surface area (TPSA) is 51.0 Å². The minimum Gasteiger partial charge on any atom is -0.424 e. The van der Waals surface area contributed by atoms with Crippen LogP contribution in [0.15, 0.2) is 4.42 Å². The van der Waals surface area contributed by atoms with Crippen LogP contribution in [0, 0.1) is 6.92 Å². The quantitative estimate of drug-likeness (QED) is 0.728. The Morgan fingerprint density at radius 3 is 2.46 bits per heavy atom. The Balaban J connectivity index is 0.000000671. The molecular weight excluding hydrogens is 166 g/mol. The van der Waals surface area contributed by atoms with Crippen LogP contribution in [0.25, 0.3) is 0 Å². The Kier molecular flexibility index (Phi) is 7.20. The summed E-state index contributed by atoms with van der Waals surface area (Å²) in [4.78, 5) is 0. The number of nitrogens with one attached hydrogen (secondary N) is 1. The fourth-order valence-corrected chi connectivity index (χ4v) is 0.781. The van der Waals surface area contributed by atoms with Gasteiger partial charge in [0.15, 0.2) is 0 Å². The van der Waals surface area contributed by atoms with Crippen molar-refractivity contribution in [3.05, 3.63) is 11.8 Å². The number of hydrogen-bond donors (Lipinski definition) is 1. The second-order valence-electron chi connectivity index (χ2n) is 2.39. The molecule has 1 aromatic heterocycles. The summed E-state index contributed by atoms with van der Waals surface area (Å²) in [5, 5.41) is 10.7. The number of rotatable bonds is 4. The molecule has 0 fully saturated rings. The van der Waals surface area contributed by atoms with Crippen LogP contribution < -0.4 is 5.32 Å². The Bertz CT molecular complexity index is 210. The van der Waals surface area contributed by atoms with Gasteiger partial charge in [0.05, 0.1) is 6.54 Å². The first-order valence-corrected chi connectivity index (χ1v) is 4.82. The average Bonchev–Trinajstić information content (AvgIpc) is 2.56. The molecule has 0 spiro atoms. The van der Waals surface area contributed by atoms with Gasteiger partial charge >= 0.3 is 0 Å². The zero-order valence-electron chi connectivity index (χ0n) is 8.92. The van der Waals surface area contributed by atoms with Crippen LogP contribution in [0.1, 0.15) is 39.0 Å². The van der Waals surface area contributed by atoms with E-state index in [1.165, 1.54) is 0 Å². The highest BCUT2D eigenvalue weighted by atomic mass is 16.4. The zero-order chi connectivity index (χ0) is 10.1. The normalized spacial score (nSPS) is 9.23. The monoisotopic (exact) mass is 185 g/mol. The Morgan fingerprint density at radius 1 is 1.31 bits per heavy atom. The number of hydrogen-bond acceptors (Lipinski definition) is 4. The summed E-state index contributed by atoms with van der Waals surface area (Å²) in [5.41, 5.74) is 0. The first kappa shape index (κ1) is 12.1. The molecule has 76 valence electrons. The molecule has 0 aliphatic heterocycles. The van der Waals surface area contributed by atoms with Crippen LogP contribution in [-0.4, -0.2) is 16.7 Å². The smallest absolute Gasteiger partial charge is 0.230 e. The molecule has 13 heavy (non-hydrogen) atoms. The van der Waals surface area contributed by atoms with E-state index in [1.54, 1.807) is 6.92 Å². The maximum atomic E-state index is 5.15. The van der Waals surface area contributed by atoms with Crippen LogP contribution in [0.5, 0.6) is 0 Å². The van der Waals surface area contributed by atoms with Gasteiger partial charge in [0.1, 0.15) is 0 Å². The lowest BCUT2D eigenvalue weighted by atomic mass is 10.5. The van der Waals surface area contributed by atoms with Crippen molar-refractivity contribution in [1.82, 2.24) is 15.5 Å². The standard InChI is InChI=1S/C7H13N3O.C2H6/c1-3-4-8-5-7-10-9-6(2)11-7;1-2/h8H,3-5H2,1-2H3;1-2H3. The minimum absolute atomic E-state index is 0.623. The number of aryl methyl sites for hydroxylation is 1. The molecule has 0 atom stereocenters. The molecule has 0 radical (unpaired) electrons. The second-order valence-corrected chi connectivity index (χ2v) is 2.39. The molecule has 4 nitrogen and oxygen atoms in total. The molecule has 0 aliphatic rings. The molecule has 1 aromatic rings. The van der Waals surface area contributed by atoms with E-state index in [2.05, 4.69) is 22.4 Å². The SMILES string of the molecule is CC.CCCNCc1nnc(C)o1. The van der Waals surface area contributed by atoms with Crippen LogP contribution in [0.4, 0.5) is 0 Å². The minimum atomic E-state index is 0.623. The zero-order valence-corrected chi connectivity index (χ0v) is 8.92. The third-order valence-electron chi connectivity index (χ3n) is 1.27. The molecule has 0 bridgehead atoms. The molecule has 0 saturated carbocycles. The van der Waals surface area contributed by atoms with E-state index in [1.807, 2.05) is 13.8 Å². The van der Waals surface area contributed by atoms with E-state index in [9.17, 15) is 0 Å². The molecule has 1 N–H and O–H groups in total. The van der Waals surface area contributed by atoms with E-state index in [0.29, 0.717) is 18.3 Å². The first-order chi connectivity index (χ1) is 6.33. The maximum absolute atomic E-state index is 5.15. The molecule has 1 heterocycles. The molecule has 0 unspecified atom stereocenters. The van der Waals surface area contributed by atoms with Crippen LogP contribution in [-0.2, 0) is 6.54 Å². The van der Waals surface area contributed by atoms with Gasteiger partial charge in [0.2, 0.25) is 11.8 Å². The first-order valence-electron chi connectivity index (χ1n) is 4.82. The van der Waals surface area contributed by atoms with Crippen molar-refractivity contribution in [3.63, 3.8) is 0 Å². The van der Waals surface area contributed by atoms with E-state index >= 15 is 0 Å². The van der Waals surface area contributed by atoms with Crippen molar-refractivity contribution in [2.24, 2.45) is 0 Å². The van der Waals surface area contributed by atoms with E-state index in [4.69, 9.17) is 4.42 Å². The number of nitrogens with zero attached hydrogens (tertiary/aromatic N) is 2. The third kappa shape index (κ3) is 5.36. The van der Waals surface area contributed by atoms with Crippen molar-refractivity contribution in [1.29, 1.82) is 0 Å². The van der Waals surface area contributed by atoms with Crippen molar-refractivity contribution >= 4 is 0 Å². The summed E-state index contributed by atoms with van der Waals surface area (Å²) < 4.78 is 5.15. The Hall–Kier alpha value is -0.900. The molecule has 0 amide bonds. The van der Waals surface area contributed by atoms with Gasteiger partial charge in [-0.15, -0.1) is 10.2 Å². The predicted molar refractivity (Wildman–Crippen MR) is 52.4 cm³/mol. The summed E-state index contributed by atoms with van der Waals surface area (Å²) in [6.45, 7) is 9.57. The molecule has 0 saturated heterocycles. The molecular formula is C9H19N3O. The van der Waals surface area contributed by atoms with Crippen molar-refractivity contribution in [2.75, 3.05) is 6.54 Å². The summed E-state index contributed by atoms with van der Waals surface area (Å²) in [6.07, 6.45) is 1.12. The second kappa shape index (κ2) is 7.73. The van der Waals surface area contributed by atoms with Crippen LogP contribution >= 0.6 is 0 Å². The molecule has 0 aliphatic carbocycles. The fourth-order valence-electron chi connectivity index (χ4n) is 0.781. The summed E-state index contributed by atoms with van der Waals surface area (Å²) >= 11 is 0. The van der Waals surface area contributed by atoms with Gasteiger partial charge in [0.25, 0.3) is 0 Å². The average molecular weight is 185 g/mol. The summed E-state index contributed by atoms with van der Waals surface area (Å²) in [5.74, 6) is 1.29. The Morgan fingerprint density at radius 2 is 2.00 bits per heavy atom. The lowest BCUT2D eigenvalue weighted by Gasteiger charge is -1.95. The molecule has 1 rings (SSSR count). The lowest BCUT2D eigenvalue weighted by Crippen LogP contribution is -2.13. The third-order valence-corrected chi connectivity index (χ3v) is 1.27. The van der Waals surface area contributed by atoms with Gasteiger partial charge in [-0.2, -0.15) is 0 Å². The van der Waals surface area contributed by atoms with Gasteiger partial charge in [-0.1, -0.05) is 20.8 Å². The van der Waals surface area contributed by atoms with Gasteiger partial charge in [-0.3, -0.25) is 0 Å². The highest BCUT2D eigenvalue weighted by molar-refractivity contribution is 4.77. The van der Waals surface area contributed by atoms with Gasteiger partial charge in [-0.05, 0) is 13.0 Å². The van der Waals surface area contributed by atoms with E-state index in [-0.39, 0.29) is 0 Å². The fraction of sp³-hybridized carbons (Fsp3) is 0.778. The summed E-state index contributed by atoms with van der Waals surface area (Å²) in [7, 11) is 0. The maximum Gasteiger partial charge on any atom is 0.230 e. The largest absolute Gasteiger partial charge is 0.424 e.